The van der Waals surface area contributed by atoms with E-state index in [-0.39, 0.29) is 0 Å². The number of aromatic nitrogens is 2. The number of benzene rings is 1. The van der Waals surface area contributed by atoms with Crippen LogP contribution < -0.4 is 0 Å². The van der Waals surface area contributed by atoms with E-state index in [4.69, 9.17) is 4.98 Å². The van der Waals surface area contributed by atoms with Gasteiger partial charge in [-0.25, -0.2) is 0 Å². The molecule has 2 aromatic heterocycles. The molecule has 3 aliphatic rings. The third-order valence-electron chi connectivity index (χ3n) is 6.46. The smallest absolute Gasteiger partial charge is 0.0705 e. The molecule has 0 radical (unpaired) electrons. The lowest BCUT2D eigenvalue weighted by atomic mass is 9.47. The van der Waals surface area contributed by atoms with Gasteiger partial charge in [-0.3, -0.25) is 9.97 Å². The molecule has 0 N–H and O–H groups in total. The largest absolute Gasteiger partial charge is 0.256 e. The van der Waals surface area contributed by atoms with Gasteiger partial charge in [0.15, 0.2) is 0 Å². The van der Waals surface area contributed by atoms with E-state index in [0.29, 0.717) is 11.3 Å². The zero-order chi connectivity index (χ0) is 17.0. The quantitative estimate of drug-likeness (QED) is 0.622. The molecule has 3 aromatic rings. The number of nitrogens with zero attached hydrogens (tertiary/aromatic N) is 2. The van der Waals surface area contributed by atoms with Gasteiger partial charge in [0, 0.05) is 23.5 Å². The summed E-state index contributed by atoms with van der Waals surface area (Å²) in [4.78, 5) is 9.28. The van der Waals surface area contributed by atoms with Gasteiger partial charge in [0.2, 0.25) is 0 Å². The van der Waals surface area contributed by atoms with Crippen molar-refractivity contribution in [1.29, 1.82) is 0 Å². The van der Waals surface area contributed by atoms with Crippen LogP contribution in [0.4, 0.5) is 0 Å². The predicted molar refractivity (Wildman–Crippen MR) is 101 cm³/mol. The molecular weight excluding hydrogens is 304 g/mol. The normalized spacial score (nSPS) is 22.8. The Morgan fingerprint density at radius 3 is 2.52 bits per heavy atom. The highest BCUT2D eigenvalue weighted by Gasteiger charge is 2.52. The van der Waals surface area contributed by atoms with E-state index in [2.05, 4.69) is 61.4 Å². The molecule has 0 spiro atoms. The standard InChI is InChI=1S/C23H22N2/c1-23(2)18-11-17-12-22(25-14-19(17)20(23)13-18)16-7-5-6-15(10-16)21-8-3-4-9-24-21/h3-10,12,14,18,20H,11,13H2,1-2H3/t18-,20-/m1/s1. The highest BCUT2D eigenvalue weighted by Crippen LogP contribution is 2.62. The number of hydrogen-bond acceptors (Lipinski definition) is 2. The summed E-state index contributed by atoms with van der Waals surface area (Å²) < 4.78 is 0. The highest BCUT2D eigenvalue weighted by molar-refractivity contribution is 5.70. The van der Waals surface area contributed by atoms with Crippen LogP contribution in [0.25, 0.3) is 22.5 Å². The molecule has 0 unspecified atom stereocenters. The van der Waals surface area contributed by atoms with Crippen molar-refractivity contribution >= 4 is 0 Å². The lowest BCUT2D eigenvalue weighted by Gasteiger charge is -2.57. The first-order chi connectivity index (χ1) is 12.1. The van der Waals surface area contributed by atoms with Gasteiger partial charge in [0.1, 0.15) is 0 Å². The molecule has 3 aliphatic carbocycles. The second-order valence-electron chi connectivity index (χ2n) is 8.07. The molecule has 1 saturated carbocycles. The summed E-state index contributed by atoms with van der Waals surface area (Å²) in [5.74, 6) is 1.53. The minimum absolute atomic E-state index is 0.453. The number of pyridine rings is 2. The lowest BCUT2D eigenvalue weighted by Crippen LogP contribution is -2.48. The molecule has 2 heteroatoms. The van der Waals surface area contributed by atoms with Crippen LogP contribution in [0, 0.1) is 11.3 Å². The predicted octanol–water partition coefficient (Wildman–Crippen LogP) is 5.50. The monoisotopic (exact) mass is 326 g/mol. The summed E-state index contributed by atoms with van der Waals surface area (Å²) in [5.41, 5.74) is 7.84. The second kappa shape index (κ2) is 5.26. The second-order valence-corrected chi connectivity index (χ2v) is 8.07. The highest BCUT2D eigenvalue weighted by atomic mass is 14.7. The average molecular weight is 326 g/mol. The molecular formula is C23H22N2. The van der Waals surface area contributed by atoms with Crippen molar-refractivity contribution in [3.63, 3.8) is 0 Å². The van der Waals surface area contributed by atoms with E-state index in [1.54, 1.807) is 0 Å². The third-order valence-corrected chi connectivity index (χ3v) is 6.46. The molecule has 25 heavy (non-hydrogen) atoms. The van der Waals surface area contributed by atoms with Crippen molar-refractivity contribution < 1.29 is 0 Å². The van der Waals surface area contributed by atoms with E-state index >= 15 is 0 Å². The van der Waals surface area contributed by atoms with E-state index in [9.17, 15) is 0 Å². The van der Waals surface area contributed by atoms with Crippen LogP contribution >= 0.6 is 0 Å². The Kier molecular flexibility index (Phi) is 3.12. The first-order valence-electron chi connectivity index (χ1n) is 9.13. The first-order valence-corrected chi connectivity index (χ1v) is 9.13. The fourth-order valence-electron chi connectivity index (χ4n) is 4.68. The Balaban J connectivity index is 1.53. The summed E-state index contributed by atoms with van der Waals surface area (Å²) >= 11 is 0. The molecule has 124 valence electrons. The van der Waals surface area contributed by atoms with Crippen molar-refractivity contribution in [2.75, 3.05) is 0 Å². The third kappa shape index (κ3) is 2.24. The molecule has 0 saturated heterocycles. The maximum Gasteiger partial charge on any atom is 0.0705 e. The van der Waals surface area contributed by atoms with Crippen molar-refractivity contribution in [1.82, 2.24) is 9.97 Å². The number of rotatable bonds is 2. The van der Waals surface area contributed by atoms with E-state index < -0.39 is 0 Å². The van der Waals surface area contributed by atoms with Crippen LogP contribution in [0.2, 0.25) is 0 Å². The molecule has 6 rings (SSSR count). The van der Waals surface area contributed by atoms with Gasteiger partial charge in [-0.1, -0.05) is 38.1 Å². The maximum absolute atomic E-state index is 4.82. The summed E-state index contributed by atoms with van der Waals surface area (Å²) in [6.07, 6.45) is 6.53. The Morgan fingerprint density at radius 1 is 0.920 bits per heavy atom. The van der Waals surface area contributed by atoms with Gasteiger partial charge >= 0.3 is 0 Å². The summed E-state index contributed by atoms with van der Waals surface area (Å²) in [6.45, 7) is 4.83. The van der Waals surface area contributed by atoms with Crippen LogP contribution in [-0.4, -0.2) is 9.97 Å². The zero-order valence-electron chi connectivity index (χ0n) is 14.7. The van der Waals surface area contributed by atoms with Gasteiger partial charge in [0.25, 0.3) is 0 Å². The summed E-state index contributed by atoms with van der Waals surface area (Å²) in [6, 6.07) is 16.9. The molecule has 1 aromatic carbocycles. The molecule has 0 amide bonds. The van der Waals surface area contributed by atoms with Crippen LogP contribution in [0.1, 0.15) is 37.3 Å². The molecule has 1 fully saturated rings. The zero-order valence-corrected chi connectivity index (χ0v) is 14.7. The molecule has 2 nitrogen and oxygen atoms in total. The van der Waals surface area contributed by atoms with Crippen LogP contribution in [-0.2, 0) is 6.42 Å². The van der Waals surface area contributed by atoms with Gasteiger partial charge in [-0.05, 0) is 65.5 Å². The van der Waals surface area contributed by atoms with Crippen LogP contribution in [0.5, 0.6) is 0 Å². The van der Waals surface area contributed by atoms with Gasteiger partial charge in [-0.15, -0.1) is 0 Å². The first kappa shape index (κ1) is 14.8. The Labute approximate surface area is 149 Å². The minimum atomic E-state index is 0.453. The van der Waals surface area contributed by atoms with E-state index in [1.807, 2.05) is 18.3 Å². The van der Waals surface area contributed by atoms with Crippen molar-refractivity contribution in [3.8, 4) is 22.5 Å². The van der Waals surface area contributed by atoms with Gasteiger partial charge < -0.3 is 0 Å². The Hall–Kier alpha value is -2.48. The molecule has 2 heterocycles. The molecule has 2 bridgehead atoms. The molecule has 0 aliphatic heterocycles. The summed E-state index contributed by atoms with van der Waals surface area (Å²) in [7, 11) is 0. The van der Waals surface area contributed by atoms with E-state index in [0.717, 1.165) is 22.9 Å². The maximum atomic E-state index is 4.82. The number of hydrogen-bond donors (Lipinski definition) is 0. The van der Waals surface area contributed by atoms with E-state index in [1.165, 1.54) is 29.5 Å². The topological polar surface area (TPSA) is 25.8 Å². The van der Waals surface area contributed by atoms with Crippen LogP contribution in [0.3, 0.4) is 0 Å². The summed E-state index contributed by atoms with van der Waals surface area (Å²) in [5, 5.41) is 0. The van der Waals surface area contributed by atoms with Crippen LogP contribution in [0.15, 0.2) is 60.9 Å². The average Bonchev–Trinajstić information content (AvgIpc) is 2.67. The van der Waals surface area contributed by atoms with Crippen molar-refractivity contribution in [3.05, 3.63) is 72.1 Å². The van der Waals surface area contributed by atoms with Gasteiger partial charge in [0.05, 0.1) is 11.4 Å². The van der Waals surface area contributed by atoms with Gasteiger partial charge in [-0.2, -0.15) is 0 Å². The fraction of sp³-hybridized carbons (Fsp3) is 0.304. The van der Waals surface area contributed by atoms with Crippen molar-refractivity contribution in [2.45, 2.75) is 32.6 Å². The molecule has 2 atom stereocenters. The Morgan fingerprint density at radius 2 is 1.76 bits per heavy atom. The lowest BCUT2D eigenvalue weighted by molar-refractivity contribution is 0.0183. The fourth-order valence-corrected chi connectivity index (χ4v) is 4.68. The minimum Gasteiger partial charge on any atom is -0.256 e. The van der Waals surface area contributed by atoms with Crippen molar-refractivity contribution in [2.24, 2.45) is 11.3 Å². The Bertz CT molecular complexity index is 943. The SMILES string of the molecule is CC1(C)[C@@H]2Cc3cc(-c4cccc(-c5ccccn5)c4)ncc3[C@H]1C2.